The molecule has 2 amide bonds. The number of nitrogens with one attached hydrogen (secondary N) is 1. The predicted octanol–water partition coefficient (Wildman–Crippen LogP) is 1.26. The third-order valence-corrected chi connectivity index (χ3v) is 3.40. The first-order valence-corrected chi connectivity index (χ1v) is 8.25. The Kier molecular flexibility index (Phi) is 6.29. The van der Waals surface area contributed by atoms with Crippen LogP contribution in [0.15, 0.2) is 6.33 Å². The Morgan fingerprint density at radius 1 is 1.37 bits per heavy atom. The first-order valence-electron chi connectivity index (χ1n) is 8.25. The number of carbonyl (C=O) groups is 2. The lowest BCUT2D eigenvalue weighted by Gasteiger charge is -2.35. The van der Waals surface area contributed by atoms with Gasteiger partial charge in [0.25, 0.3) is 0 Å². The molecule has 9 nitrogen and oxygen atoms in total. The highest BCUT2D eigenvalue weighted by molar-refractivity contribution is 5.75. The number of rotatable bonds is 4. The van der Waals surface area contributed by atoms with E-state index in [1.165, 1.54) is 11.2 Å². The van der Waals surface area contributed by atoms with Crippen molar-refractivity contribution in [3.05, 3.63) is 12.2 Å². The van der Waals surface area contributed by atoms with Crippen LogP contribution < -0.4 is 5.32 Å². The quantitative estimate of drug-likeness (QED) is 0.827. The van der Waals surface area contributed by atoms with Crippen LogP contribution in [0.5, 0.6) is 0 Å². The molecule has 1 N–H and O–H groups in total. The van der Waals surface area contributed by atoms with E-state index in [1.807, 2.05) is 0 Å². The fourth-order valence-electron chi connectivity index (χ4n) is 2.30. The van der Waals surface area contributed by atoms with Crippen LogP contribution >= 0.6 is 0 Å². The van der Waals surface area contributed by atoms with Crippen LogP contribution in [-0.2, 0) is 20.8 Å². The summed E-state index contributed by atoms with van der Waals surface area (Å²) in [5, 5.41) is 5.83. The van der Waals surface area contributed by atoms with Crippen molar-refractivity contribution in [1.29, 1.82) is 0 Å². The summed E-state index contributed by atoms with van der Waals surface area (Å²) >= 11 is 0. The number of alkyl halides is 3. The number of carbonyl (C=O) groups excluding carboxylic acids is 2. The van der Waals surface area contributed by atoms with Crippen LogP contribution in [0.1, 0.15) is 32.6 Å². The number of halogens is 3. The molecule has 1 fully saturated rings. The molecule has 1 aliphatic heterocycles. The largest absolute Gasteiger partial charge is 0.444 e. The normalized spacial score (nSPS) is 18.3. The maximum atomic E-state index is 12.4. The zero-order valence-electron chi connectivity index (χ0n) is 15.2. The van der Waals surface area contributed by atoms with Crippen molar-refractivity contribution in [2.75, 3.05) is 26.3 Å². The average Bonchev–Trinajstić information content (AvgIpc) is 2.99. The van der Waals surface area contributed by atoms with E-state index >= 15 is 0 Å². The summed E-state index contributed by atoms with van der Waals surface area (Å²) in [5.74, 6) is -0.642. The van der Waals surface area contributed by atoms with E-state index in [0.717, 1.165) is 4.68 Å². The van der Waals surface area contributed by atoms with E-state index in [1.54, 1.807) is 26.1 Å². The molecule has 1 aliphatic rings. The molecule has 27 heavy (non-hydrogen) atoms. The summed E-state index contributed by atoms with van der Waals surface area (Å²) in [6.07, 6.45) is -3.82. The predicted molar refractivity (Wildman–Crippen MR) is 85.6 cm³/mol. The Bertz CT molecular complexity index is 671. The van der Waals surface area contributed by atoms with Gasteiger partial charge in [0.15, 0.2) is 5.82 Å². The summed E-state index contributed by atoms with van der Waals surface area (Å²) in [7, 11) is 0. The van der Waals surface area contributed by atoms with Crippen molar-refractivity contribution in [2.24, 2.45) is 0 Å². The molecule has 1 aromatic rings. The smallest absolute Gasteiger partial charge is 0.411 e. The molecule has 0 aromatic carbocycles. The van der Waals surface area contributed by atoms with Crippen molar-refractivity contribution in [2.45, 2.75) is 45.1 Å². The van der Waals surface area contributed by atoms with Gasteiger partial charge >= 0.3 is 12.3 Å². The van der Waals surface area contributed by atoms with Crippen molar-refractivity contribution in [1.82, 2.24) is 25.0 Å². The molecular weight excluding hydrogens is 371 g/mol. The Balaban J connectivity index is 2.02. The highest BCUT2D eigenvalue weighted by Gasteiger charge is 2.34. The molecule has 1 atom stereocenters. The van der Waals surface area contributed by atoms with Gasteiger partial charge in [0.05, 0.1) is 13.2 Å². The van der Waals surface area contributed by atoms with Crippen molar-refractivity contribution in [3.63, 3.8) is 0 Å². The molecule has 0 saturated carbocycles. The van der Waals surface area contributed by atoms with Gasteiger partial charge in [0, 0.05) is 6.54 Å². The third kappa shape index (κ3) is 6.70. The Hall–Kier alpha value is -2.37. The second kappa shape index (κ2) is 8.11. The summed E-state index contributed by atoms with van der Waals surface area (Å²) in [6, 6.07) is -0.618. The molecule has 0 radical (unpaired) electrons. The first-order chi connectivity index (χ1) is 12.4. The Labute approximate surface area is 153 Å². The molecule has 2 rings (SSSR count). The van der Waals surface area contributed by atoms with Crippen molar-refractivity contribution < 1.29 is 32.2 Å². The third-order valence-electron chi connectivity index (χ3n) is 3.40. The number of aromatic nitrogens is 3. The van der Waals surface area contributed by atoms with E-state index in [4.69, 9.17) is 9.47 Å². The zero-order chi connectivity index (χ0) is 20.2. The van der Waals surface area contributed by atoms with Gasteiger partial charge in [0.1, 0.15) is 31.1 Å². The zero-order valence-corrected chi connectivity index (χ0v) is 15.2. The summed E-state index contributed by atoms with van der Waals surface area (Å²) in [4.78, 5) is 29.4. The SMILES string of the molecule is CC(C)(C)OC(=O)N1CCOCC1c1ncn(CC(=O)NCC(F)(F)F)n1. The highest BCUT2D eigenvalue weighted by atomic mass is 19.4. The number of ether oxygens (including phenoxy) is 2. The summed E-state index contributed by atoms with van der Waals surface area (Å²) in [5.41, 5.74) is -0.677. The van der Waals surface area contributed by atoms with E-state index in [-0.39, 0.29) is 19.0 Å². The van der Waals surface area contributed by atoms with Gasteiger partial charge < -0.3 is 14.8 Å². The highest BCUT2D eigenvalue weighted by Crippen LogP contribution is 2.23. The number of hydrogen-bond donors (Lipinski definition) is 1. The lowest BCUT2D eigenvalue weighted by atomic mass is 10.2. The van der Waals surface area contributed by atoms with E-state index < -0.39 is 42.9 Å². The Morgan fingerprint density at radius 3 is 2.70 bits per heavy atom. The fourth-order valence-corrected chi connectivity index (χ4v) is 2.30. The van der Waals surface area contributed by atoms with Crippen LogP contribution in [0, 0.1) is 0 Å². The number of morpholine rings is 1. The number of hydrogen-bond acceptors (Lipinski definition) is 6. The second-order valence-corrected chi connectivity index (χ2v) is 6.96. The first kappa shape index (κ1) is 20.9. The maximum absolute atomic E-state index is 12.4. The van der Waals surface area contributed by atoms with Crippen LogP contribution in [0.3, 0.4) is 0 Å². The molecule has 1 aromatic heterocycles. The van der Waals surface area contributed by atoms with E-state index in [2.05, 4.69) is 10.1 Å². The molecule has 0 spiro atoms. The molecule has 1 unspecified atom stereocenters. The average molecular weight is 393 g/mol. The molecule has 0 bridgehead atoms. The number of amides is 2. The molecule has 152 valence electrons. The minimum atomic E-state index is -4.49. The lowest BCUT2D eigenvalue weighted by Crippen LogP contribution is -2.46. The summed E-state index contributed by atoms with van der Waals surface area (Å²) < 4.78 is 48.2. The van der Waals surface area contributed by atoms with Gasteiger partial charge in [-0.1, -0.05) is 0 Å². The Morgan fingerprint density at radius 2 is 2.07 bits per heavy atom. The van der Waals surface area contributed by atoms with E-state index in [0.29, 0.717) is 6.61 Å². The maximum Gasteiger partial charge on any atom is 0.411 e. The van der Waals surface area contributed by atoms with Gasteiger partial charge in [0.2, 0.25) is 5.91 Å². The van der Waals surface area contributed by atoms with Crippen LogP contribution in [0.4, 0.5) is 18.0 Å². The standard InChI is InChI=1S/C15H22F3N5O4/c1-14(2,3)27-13(25)23-4-5-26-7-10(23)12-20-9-22(21-12)6-11(24)19-8-15(16,17)18/h9-10H,4-8H2,1-3H3,(H,19,24). The monoisotopic (exact) mass is 393 g/mol. The van der Waals surface area contributed by atoms with Gasteiger partial charge in [-0.05, 0) is 20.8 Å². The lowest BCUT2D eigenvalue weighted by molar-refractivity contribution is -0.138. The van der Waals surface area contributed by atoms with Gasteiger partial charge in [-0.2, -0.15) is 18.3 Å². The minimum absolute atomic E-state index is 0.142. The van der Waals surface area contributed by atoms with Crippen LogP contribution in [-0.4, -0.2) is 69.7 Å². The minimum Gasteiger partial charge on any atom is -0.444 e. The van der Waals surface area contributed by atoms with Crippen LogP contribution in [0.25, 0.3) is 0 Å². The number of nitrogens with zero attached hydrogens (tertiary/aromatic N) is 4. The van der Waals surface area contributed by atoms with Gasteiger partial charge in [-0.3, -0.25) is 9.69 Å². The van der Waals surface area contributed by atoms with Gasteiger partial charge in [-0.15, -0.1) is 0 Å². The molecule has 1 saturated heterocycles. The van der Waals surface area contributed by atoms with Gasteiger partial charge in [-0.25, -0.2) is 14.5 Å². The van der Waals surface area contributed by atoms with Crippen molar-refractivity contribution >= 4 is 12.0 Å². The second-order valence-electron chi connectivity index (χ2n) is 6.96. The van der Waals surface area contributed by atoms with Crippen molar-refractivity contribution in [3.8, 4) is 0 Å². The fraction of sp³-hybridized carbons (Fsp3) is 0.733. The topological polar surface area (TPSA) is 98.6 Å². The van der Waals surface area contributed by atoms with E-state index in [9.17, 15) is 22.8 Å². The summed E-state index contributed by atoms with van der Waals surface area (Å²) in [6.45, 7) is 4.13. The molecule has 12 heteroatoms. The molecule has 0 aliphatic carbocycles. The van der Waals surface area contributed by atoms with Crippen LogP contribution in [0.2, 0.25) is 0 Å². The molecular formula is C15H22F3N5O4. The molecule has 2 heterocycles.